The number of carbonyl (C=O) groups excluding carboxylic acids is 3. The van der Waals surface area contributed by atoms with Gasteiger partial charge < -0.3 is 20.1 Å². The number of Topliss-reactive ketones (excluding diaryl/α,β-unsaturated/α-hetero) is 1. The van der Waals surface area contributed by atoms with E-state index < -0.39 is 18.0 Å². The van der Waals surface area contributed by atoms with E-state index in [-0.39, 0.29) is 49.1 Å². The summed E-state index contributed by atoms with van der Waals surface area (Å²) in [6, 6.07) is 12.1. The Morgan fingerprint density at radius 1 is 1.14 bits per heavy atom. The number of carbonyl (C=O) groups is 3. The van der Waals surface area contributed by atoms with Crippen molar-refractivity contribution in [1.29, 1.82) is 0 Å². The van der Waals surface area contributed by atoms with Crippen molar-refractivity contribution in [3.05, 3.63) is 65.0 Å². The second-order valence-corrected chi connectivity index (χ2v) is 10.4. The number of halogens is 1. The number of hydrogen-bond acceptors (Lipinski definition) is 6. The lowest BCUT2D eigenvalue weighted by molar-refractivity contribution is -0.121. The lowest BCUT2D eigenvalue weighted by atomic mass is 9.86. The Labute approximate surface area is 216 Å². The summed E-state index contributed by atoms with van der Waals surface area (Å²) in [6.45, 7) is 8.37. The summed E-state index contributed by atoms with van der Waals surface area (Å²) < 4.78 is 25.7. The van der Waals surface area contributed by atoms with Crippen molar-refractivity contribution in [3.63, 3.8) is 0 Å². The largest absolute Gasteiger partial charge is 0.442 e. The molecule has 2 unspecified atom stereocenters. The lowest BCUT2D eigenvalue weighted by Gasteiger charge is -2.25. The van der Waals surface area contributed by atoms with E-state index in [1.54, 1.807) is 24.3 Å². The summed E-state index contributed by atoms with van der Waals surface area (Å²) in [7, 11) is 0. The van der Waals surface area contributed by atoms with Gasteiger partial charge in [-0.1, -0.05) is 51.1 Å². The van der Waals surface area contributed by atoms with Crippen LogP contribution in [0.15, 0.2) is 42.5 Å². The van der Waals surface area contributed by atoms with Gasteiger partial charge in [0.2, 0.25) is 5.91 Å². The molecule has 8 nitrogen and oxygen atoms in total. The van der Waals surface area contributed by atoms with Gasteiger partial charge >= 0.3 is 6.09 Å². The van der Waals surface area contributed by atoms with Crippen molar-refractivity contribution in [1.82, 2.24) is 10.6 Å². The van der Waals surface area contributed by atoms with Crippen molar-refractivity contribution < 1.29 is 28.2 Å². The van der Waals surface area contributed by atoms with Crippen LogP contribution in [0.2, 0.25) is 0 Å². The first kappa shape index (κ1) is 26.8. The van der Waals surface area contributed by atoms with E-state index in [0.717, 1.165) is 12.1 Å². The van der Waals surface area contributed by atoms with E-state index in [4.69, 9.17) is 9.47 Å². The van der Waals surface area contributed by atoms with E-state index in [0.29, 0.717) is 30.0 Å². The molecule has 2 heterocycles. The zero-order valence-corrected chi connectivity index (χ0v) is 21.5. The van der Waals surface area contributed by atoms with Gasteiger partial charge in [-0.25, -0.2) is 9.18 Å². The fraction of sp³-hybridized carbons (Fsp3) is 0.464. The van der Waals surface area contributed by atoms with Gasteiger partial charge in [-0.3, -0.25) is 14.5 Å². The van der Waals surface area contributed by atoms with E-state index in [2.05, 4.69) is 31.4 Å². The first-order chi connectivity index (χ1) is 17.6. The van der Waals surface area contributed by atoms with Gasteiger partial charge in [-0.15, -0.1) is 0 Å². The molecule has 9 heteroatoms. The molecule has 2 N–H and O–H groups in total. The molecule has 0 saturated carbocycles. The maximum atomic E-state index is 14.7. The Morgan fingerprint density at radius 2 is 1.89 bits per heavy atom. The fourth-order valence-electron chi connectivity index (χ4n) is 4.39. The SMILES string of the molecule is CC(C)(C)c1ccc(C(=O)CCC(=O)NCC2CN(c3ccc(C4CNCCO4)c(F)c3)C(=O)O2)cc1. The summed E-state index contributed by atoms with van der Waals surface area (Å²) in [4.78, 5) is 38.5. The summed E-state index contributed by atoms with van der Waals surface area (Å²) in [6.07, 6.45) is -1.43. The number of ketones is 1. The van der Waals surface area contributed by atoms with Crippen LogP contribution in [-0.2, 0) is 19.7 Å². The molecular formula is C28H34FN3O5. The number of amides is 2. The molecule has 2 aromatic rings. The summed E-state index contributed by atoms with van der Waals surface area (Å²) >= 11 is 0. The van der Waals surface area contributed by atoms with Gasteiger partial charge in [-0.05, 0) is 23.1 Å². The van der Waals surface area contributed by atoms with Crippen LogP contribution in [0.25, 0.3) is 0 Å². The number of morpholine rings is 1. The number of hydrogen-bond donors (Lipinski definition) is 2. The highest BCUT2D eigenvalue weighted by Crippen LogP contribution is 2.28. The highest BCUT2D eigenvalue weighted by Gasteiger charge is 2.33. The Kier molecular flexibility index (Phi) is 8.24. The molecule has 2 aliphatic rings. The molecule has 0 radical (unpaired) electrons. The maximum Gasteiger partial charge on any atom is 0.414 e. The van der Waals surface area contributed by atoms with Gasteiger partial charge in [0.05, 0.1) is 31.5 Å². The maximum absolute atomic E-state index is 14.7. The Hall–Kier alpha value is -3.30. The summed E-state index contributed by atoms with van der Waals surface area (Å²) in [5.41, 5.74) is 2.53. The van der Waals surface area contributed by atoms with E-state index in [9.17, 15) is 18.8 Å². The minimum atomic E-state index is -0.601. The zero-order chi connectivity index (χ0) is 26.6. The first-order valence-electron chi connectivity index (χ1n) is 12.6. The van der Waals surface area contributed by atoms with E-state index >= 15 is 0 Å². The number of cyclic esters (lactones) is 1. The topological polar surface area (TPSA) is 97.0 Å². The van der Waals surface area contributed by atoms with Crippen molar-refractivity contribution in [2.75, 3.05) is 37.7 Å². The van der Waals surface area contributed by atoms with Crippen molar-refractivity contribution in [2.45, 2.75) is 51.2 Å². The monoisotopic (exact) mass is 511 g/mol. The molecule has 37 heavy (non-hydrogen) atoms. The van der Waals surface area contributed by atoms with Gasteiger partial charge in [0.15, 0.2) is 5.78 Å². The third-order valence-corrected chi connectivity index (χ3v) is 6.62. The Bertz CT molecular complexity index is 1140. The standard InChI is InChI=1S/C28H34FN3O5/c1-28(2,3)19-6-4-18(5-7-19)24(33)10-11-26(34)31-15-21-17-32(27(35)37-21)20-8-9-22(23(29)14-20)25-16-30-12-13-36-25/h4-9,14,21,25,30H,10-13,15-17H2,1-3H3,(H,31,34). The Balaban J connectivity index is 1.24. The number of ether oxygens (including phenoxy) is 2. The van der Waals surface area contributed by atoms with Crippen molar-refractivity contribution in [3.8, 4) is 0 Å². The quantitative estimate of drug-likeness (QED) is 0.522. The number of benzene rings is 2. The second kappa shape index (κ2) is 11.4. The van der Waals surface area contributed by atoms with Crippen LogP contribution in [0.5, 0.6) is 0 Å². The molecule has 0 aromatic heterocycles. The van der Waals surface area contributed by atoms with E-state index in [1.165, 1.54) is 11.0 Å². The van der Waals surface area contributed by atoms with Crippen LogP contribution >= 0.6 is 0 Å². The van der Waals surface area contributed by atoms with Crippen LogP contribution in [-0.4, -0.2) is 56.7 Å². The smallest absolute Gasteiger partial charge is 0.414 e. The molecule has 2 saturated heterocycles. The molecule has 2 atom stereocenters. The zero-order valence-electron chi connectivity index (χ0n) is 21.5. The van der Waals surface area contributed by atoms with Crippen LogP contribution < -0.4 is 15.5 Å². The molecule has 198 valence electrons. The molecule has 4 rings (SSSR count). The molecule has 2 aromatic carbocycles. The minimum Gasteiger partial charge on any atom is -0.442 e. The fourth-order valence-corrected chi connectivity index (χ4v) is 4.39. The van der Waals surface area contributed by atoms with Crippen LogP contribution in [0, 0.1) is 5.82 Å². The average Bonchev–Trinajstić information content (AvgIpc) is 3.26. The average molecular weight is 512 g/mol. The highest BCUT2D eigenvalue weighted by molar-refractivity contribution is 5.98. The van der Waals surface area contributed by atoms with Crippen LogP contribution in [0.3, 0.4) is 0 Å². The van der Waals surface area contributed by atoms with Crippen molar-refractivity contribution >= 4 is 23.5 Å². The number of anilines is 1. The predicted molar refractivity (Wildman–Crippen MR) is 137 cm³/mol. The minimum absolute atomic E-state index is 0.0000352. The summed E-state index contributed by atoms with van der Waals surface area (Å²) in [5, 5.41) is 5.89. The van der Waals surface area contributed by atoms with Gasteiger partial charge in [0.1, 0.15) is 11.9 Å². The predicted octanol–water partition coefficient (Wildman–Crippen LogP) is 3.89. The number of nitrogens with zero attached hydrogens (tertiary/aromatic N) is 1. The van der Waals surface area contributed by atoms with Crippen LogP contribution in [0.1, 0.15) is 61.2 Å². The lowest BCUT2D eigenvalue weighted by Crippen LogP contribution is -2.35. The number of nitrogens with one attached hydrogen (secondary N) is 2. The molecule has 2 amide bonds. The Morgan fingerprint density at radius 3 is 2.54 bits per heavy atom. The molecule has 2 aliphatic heterocycles. The molecule has 2 fully saturated rings. The summed E-state index contributed by atoms with van der Waals surface area (Å²) in [5.74, 6) is -0.854. The molecule has 0 aliphatic carbocycles. The van der Waals surface area contributed by atoms with Gasteiger partial charge in [0.25, 0.3) is 0 Å². The molecular weight excluding hydrogens is 477 g/mol. The number of rotatable bonds is 8. The molecule has 0 bridgehead atoms. The first-order valence-corrected chi connectivity index (χ1v) is 12.6. The van der Waals surface area contributed by atoms with E-state index in [1.807, 2.05) is 12.1 Å². The van der Waals surface area contributed by atoms with Gasteiger partial charge in [-0.2, -0.15) is 0 Å². The van der Waals surface area contributed by atoms with Gasteiger partial charge in [0, 0.05) is 37.1 Å². The second-order valence-electron chi connectivity index (χ2n) is 10.4. The third kappa shape index (κ3) is 6.72. The normalized spacial score (nSPS) is 20.0. The highest BCUT2D eigenvalue weighted by atomic mass is 19.1. The van der Waals surface area contributed by atoms with Crippen LogP contribution in [0.4, 0.5) is 14.9 Å². The third-order valence-electron chi connectivity index (χ3n) is 6.62. The molecule has 0 spiro atoms. The van der Waals surface area contributed by atoms with Crippen molar-refractivity contribution in [2.24, 2.45) is 0 Å².